The number of furan rings is 1. The summed E-state index contributed by atoms with van der Waals surface area (Å²) >= 11 is 0. The number of hydrogen-bond acceptors (Lipinski definition) is 7. The lowest BCUT2D eigenvalue weighted by atomic mass is 9.64. The number of nitrogens with zero attached hydrogens (tertiary/aromatic N) is 3. The van der Waals surface area contributed by atoms with Gasteiger partial charge < -0.3 is 20.2 Å². The highest BCUT2D eigenvalue weighted by atomic mass is 16.3. The highest BCUT2D eigenvalue weighted by Gasteiger charge is 2.47. The Kier molecular flexibility index (Phi) is 4.64. The van der Waals surface area contributed by atoms with Crippen molar-refractivity contribution in [2.45, 2.75) is 45.8 Å². The van der Waals surface area contributed by atoms with Crippen LogP contribution in [0, 0.1) is 23.7 Å². The second-order valence-corrected chi connectivity index (χ2v) is 7.03. The lowest BCUT2D eigenvalue weighted by Crippen LogP contribution is -2.57. The Hall–Kier alpha value is -2.59. The Bertz CT molecular complexity index is 793. The van der Waals surface area contributed by atoms with E-state index in [4.69, 9.17) is 4.42 Å². The topological polar surface area (TPSA) is 107 Å². The average Bonchev–Trinajstić information content (AvgIpc) is 3.00. The third-order valence-corrected chi connectivity index (χ3v) is 4.89. The highest BCUT2D eigenvalue weighted by Crippen LogP contribution is 2.42. The summed E-state index contributed by atoms with van der Waals surface area (Å²) in [5, 5.41) is 25.6. The van der Waals surface area contributed by atoms with Crippen molar-refractivity contribution in [3.63, 3.8) is 0 Å². The first-order valence-electron chi connectivity index (χ1n) is 8.41. The van der Waals surface area contributed by atoms with Crippen molar-refractivity contribution in [3.8, 4) is 6.07 Å². The van der Waals surface area contributed by atoms with E-state index < -0.39 is 0 Å². The first kappa shape index (κ1) is 17.2. The van der Waals surface area contributed by atoms with Gasteiger partial charge in [-0.25, -0.2) is 4.98 Å². The Morgan fingerprint density at radius 3 is 2.84 bits per heavy atom. The summed E-state index contributed by atoms with van der Waals surface area (Å²) in [6, 6.07) is 6.07. The van der Waals surface area contributed by atoms with Crippen LogP contribution in [0.5, 0.6) is 0 Å². The highest BCUT2D eigenvalue weighted by molar-refractivity contribution is 5.54. The van der Waals surface area contributed by atoms with Crippen LogP contribution in [0.3, 0.4) is 0 Å². The standard InChI is InChI=1S/C18H23N5O2/c1-11-4-5-13(25-11)6-7-20-17-21-10-12(9-19)16(23-17)22-14-8-15(24)18(14,2)3/h4-5,10,14-15,24H,6-8H2,1-3H3,(H2,20,21,22,23)/t14-,15+/m1/s1. The zero-order chi connectivity index (χ0) is 18.0. The van der Waals surface area contributed by atoms with Gasteiger partial charge in [-0.15, -0.1) is 0 Å². The molecule has 3 rings (SSSR count). The molecule has 7 nitrogen and oxygen atoms in total. The predicted octanol–water partition coefficient (Wildman–Crippen LogP) is 2.48. The molecule has 0 radical (unpaired) electrons. The second-order valence-electron chi connectivity index (χ2n) is 7.03. The number of aryl methyl sites for hydroxylation is 1. The summed E-state index contributed by atoms with van der Waals surface area (Å²) in [6.07, 6.45) is 2.54. The molecule has 1 aliphatic rings. The number of aromatic nitrogens is 2. The summed E-state index contributed by atoms with van der Waals surface area (Å²) in [4.78, 5) is 8.61. The smallest absolute Gasteiger partial charge is 0.224 e. The molecule has 0 spiro atoms. The molecule has 0 aliphatic heterocycles. The van der Waals surface area contributed by atoms with E-state index >= 15 is 0 Å². The van der Waals surface area contributed by atoms with Gasteiger partial charge in [-0.1, -0.05) is 13.8 Å². The van der Waals surface area contributed by atoms with Crippen LogP contribution in [0.4, 0.5) is 11.8 Å². The molecular weight excluding hydrogens is 318 g/mol. The van der Waals surface area contributed by atoms with E-state index in [0.29, 0.717) is 30.3 Å². The van der Waals surface area contributed by atoms with Gasteiger partial charge in [-0.3, -0.25) is 0 Å². The van der Waals surface area contributed by atoms with Crippen LogP contribution < -0.4 is 10.6 Å². The van der Waals surface area contributed by atoms with Crippen LogP contribution in [-0.2, 0) is 6.42 Å². The van der Waals surface area contributed by atoms with Crippen molar-refractivity contribution < 1.29 is 9.52 Å². The first-order chi connectivity index (χ1) is 11.9. The fraction of sp³-hybridized carbons (Fsp3) is 0.500. The third-order valence-electron chi connectivity index (χ3n) is 4.89. The minimum Gasteiger partial charge on any atom is -0.466 e. The number of anilines is 2. The van der Waals surface area contributed by atoms with E-state index in [1.807, 2.05) is 32.9 Å². The Morgan fingerprint density at radius 2 is 2.24 bits per heavy atom. The molecule has 1 fully saturated rings. The maximum atomic E-state index is 9.87. The van der Waals surface area contributed by atoms with Crippen molar-refractivity contribution in [3.05, 3.63) is 35.4 Å². The number of nitriles is 1. The van der Waals surface area contributed by atoms with Crippen molar-refractivity contribution in [1.82, 2.24) is 9.97 Å². The fourth-order valence-electron chi connectivity index (χ4n) is 2.89. The molecule has 1 saturated carbocycles. The number of nitrogens with one attached hydrogen (secondary N) is 2. The van der Waals surface area contributed by atoms with Gasteiger partial charge in [0.1, 0.15) is 29.0 Å². The van der Waals surface area contributed by atoms with Gasteiger partial charge in [0.15, 0.2) is 0 Å². The van der Waals surface area contributed by atoms with Crippen LogP contribution in [0.1, 0.15) is 37.4 Å². The zero-order valence-corrected chi connectivity index (χ0v) is 14.7. The lowest BCUT2D eigenvalue weighted by molar-refractivity contribution is -0.0511. The maximum absolute atomic E-state index is 9.87. The van der Waals surface area contributed by atoms with Crippen LogP contribution in [0.15, 0.2) is 22.7 Å². The normalized spacial score (nSPS) is 21.2. The van der Waals surface area contributed by atoms with Crippen molar-refractivity contribution in [1.29, 1.82) is 5.26 Å². The third kappa shape index (κ3) is 3.59. The molecule has 0 saturated heterocycles. The Morgan fingerprint density at radius 1 is 1.44 bits per heavy atom. The van der Waals surface area contributed by atoms with Gasteiger partial charge >= 0.3 is 0 Å². The maximum Gasteiger partial charge on any atom is 0.224 e. The molecule has 132 valence electrons. The Balaban J connectivity index is 1.64. The van der Waals surface area contributed by atoms with E-state index in [1.165, 1.54) is 6.20 Å². The van der Waals surface area contributed by atoms with Gasteiger partial charge in [0.05, 0.1) is 12.3 Å². The molecular formula is C18H23N5O2. The van der Waals surface area contributed by atoms with E-state index in [2.05, 4.69) is 26.7 Å². The zero-order valence-electron chi connectivity index (χ0n) is 14.7. The Labute approximate surface area is 147 Å². The summed E-state index contributed by atoms with van der Waals surface area (Å²) in [5.74, 6) is 2.75. The summed E-state index contributed by atoms with van der Waals surface area (Å²) in [5.41, 5.74) is 0.145. The number of rotatable bonds is 6. The molecule has 1 aliphatic carbocycles. The first-order valence-corrected chi connectivity index (χ1v) is 8.41. The van der Waals surface area contributed by atoms with E-state index in [9.17, 15) is 10.4 Å². The molecule has 0 unspecified atom stereocenters. The average molecular weight is 341 g/mol. The number of aliphatic hydroxyl groups excluding tert-OH is 1. The number of aliphatic hydroxyl groups is 1. The quantitative estimate of drug-likeness (QED) is 0.741. The molecule has 7 heteroatoms. The molecule has 25 heavy (non-hydrogen) atoms. The van der Waals surface area contributed by atoms with Gasteiger partial charge in [0.2, 0.25) is 5.95 Å². The van der Waals surface area contributed by atoms with E-state index in [0.717, 1.165) is 17.9 Å². The van der Waals surface area contributed by atoms with Crippen LogP contribution >= 0.6 is 0 Å². The predicted molar refractivity (Wildman–Crippen MR) is 94.2 cm³/mol. The molecule has 0 amide bonds. The molecule has 0 bridgehead atoms. The molecule has 2 heterocycles. The van der Waals surface area contributed by atoms with E-state index in [-0.39, 0.29) is 17.6 Å². The molecule has 3 N–H and O–H groups in total. The van der Waals surface area contributed by atoms with Crippen LogP contribution in [0.25, 0.3) is 0 Å². The van der Waals surface area contributed by atoms with Gasteiger partial charge in [0.25, 0.3) is 0 Å². The van der Waals surface area contributed by atoms with Gasteiger partial charge in [0, 0.05) is 24.4 Å². The van der Waals surface area contributed by atoms with E-state index in [1.54, 1.807) is 0 Å². The molecule has 0 aromatic carbocycles. The van der Waals surface area contributed by atoms with Crippen molar-refractivity contribution >= 4 is 11.8 Å². The molecule has 2 aromatic heterocycles. The summed E-state index contributed by atoms with van der Waals surface area (Å²) in [6.45, 7) is 6.54. The van der Waals surface area contributed by atoms with Crippen molar-refractivity contribution in [2.75, 3.05) is 17.2 Å². The number of hydrogen-bond donors (Lipinski definition) is 3. The monoisotopic (exact) mass is 341 g/mol. The largest absolute Gasteiger partial charge is 0.466 e. The second kappa shape index (κ2) is 6.73. The fourth-order valence-corrected chi connectivity index (χ4v) is 2.89. The van der Waals surface area contributed by atoms with Crippen LogP contribution in [0.2, 0.25) is 0 Å². The summed E-state index contributed by atoms with van der Waals surface area (Å²) < 4.78 is 5.53. The minimum absolute atomic E-state index is 0.0726. The molecule has 2 atom stereocenters. The minimum atomic E-state index is -0.341. The van der Waals surface area contributed by atoms with Crippen molar-refractivity contribution in [2.24, 2.45) is 5.41 Å². The van der Waals surface area contributed by atoms with Crippen LogP contribution in [-0.4, -0.2) is 33.8 Å². The molecule has 2 aromatic rings. The van der Waals surface area contributed by atoms with Gasteiger partial charge in [-0.05, 0) is 25.5 Å². The summed E-state index contributed by atoms with van der Waals surface area (Å²) in [7, 11) is 0. The van der Waals surface area contributed by atoms with Gasteiger partial charge in [-0.2, -0.15) is 10.2 Å². The lowest BCUT2D eigenvalue weighted by Gasteiger charge is -2.49. The SMILES string of the molecule is Cc1ccc(CCNc2ncc(C#N)c(N[C@@H]3C[C@H](O)C3(C)C)n2)o1.